The Morgan fingerprint density at radius 2 is 1.90 bits per heavy atom. The van der Waals surface area contributed by atoms with Crippen LogP contribution in [0, 0.1) is 5.92 Å². The Bertz CT molecular complexity index is 304. The minimum Gasteiger partial charge on any atom is -0.462 e. The molecular weight excluding hydrogens is 316 g/mol. The lowest BCUT2D eigenvalue weighted by Gasteiger charge is -2.39. The Morgan fingerprint density at radius 3 is 2.35 bits per heavy atom. The highest BCUT2D eigenvalue weighted by molar-refractivity contribution is 7.22. The summed E-state index contributed by atoms with van der Waals surface area (Å²) in [6, 6.07) is 2.54. The van der Waals surface area contributed by atoms with E-state index in [-0.39, 0.29) is 5.22 Å². The lowest BCUT2D eigenvalue weighted by atomic mass is 9.87. The Labute approximate surface area is 132 Å². The van der Waals surface area contributed by atoms with E-state index in [0.29, 0.717) is 0 Å². The van der Waals surface area contributed by atoms with E-state index in [1.165, 1.54) is 44.2 Å². The zero-order valence-electron chi connectivity index (χ0n) is 13.7. The lowest BCUT2D eigenvalue weighted by molar-refractivity contribution is 0.218. The predicted molar refractivity (Wildman–Crippen MR) is 95.6 cm³/mol. The van der Waals surface area contributed by atoms with Crippen LogP contribution >= 0.6 is 0 Å². The van der Waals surface area contributed by atoms with Crippen molar-refractivity contribution in [2.75, 3.05) is 6.61 Å². The molecule has 0 N–H and O–H groups in total. The van der Waals surface area contributed by atoms with Crippen LogP contribution in [0.1, 0.15) is 46.0 Å². The van der Waals surface area contributed by atoms with E-state index in [2.05, 4.69) is 20.4 Å². The molecule has 7 heteroatoms. The highest BCUT2D eigenvalue weighted by Crippen LogP contribution is 2.49. The van der Waals surface area contributed by atoms with E-state index in [9.17, 15) is 0 Å². The third kappa shape index (κ3) is 3.39. The predicted octanol–water partition coefficient (Wildman–Crippen LogP) is 1.11. The Balaban J connectivity index is 2.01. The maximum absolute atomic E-state index is 6.47. The minimum atomic E-state index is -1.73. The number of hydrogen-bond acceptors (Lipinski definition) is 3. The van der Waals surface area contributed by atoms with Gasteiger partial charge in [0.25, 0.3) is 0 Å². The lowest BCUT2D eigenvalue weighted by Crippen LogP contribution is -2.61. The van der Waals surface area contributed by atoms with Crippen LogP contribution < -0.4 is 0 Å². The van der Waals surface area contributed by atoms with Crippen LogP contribution in [0.4, 0.5) is 0 Å². The van der Waals surface area contributed by atoms with Gasteiger partial charge >= 0.3 is 0 Å². The summed E-state index contributed by atoms with van der Waals surface area (Å²) < 4.78 is 18.9. The molecule has 2 atom stereocenters. The summed E-state index contributed by atoms with van der Waals surface area (Å²) in [6.45, 7) is 7.99. The third-order valence-electron chi connectivity index (χ3n) is 5.57. The molecule has 0 aromatic carbocycles. The second kappa shape index (κ2) is 7.34. The van der Waals surface area contributed by atoms with Gasteiger partial charge in [-0.3, -0.25) is 0 Å². The molecule has 1 saturated carbocycles. The van der Waals surface area contributed by atoms with Gasteiger partial charge in [-0.05, 0) is 37.4 Å². The van der Waals surface area contributed by atoms with Crippen LogP contribution in [0.5, 0.6) is 0 Å². The summed E-state index contributed by atoms with van der Waals surface area (Å²) in [6.07, 6.45) is 6.94. The van der Waals surface area contributed by atoms with Gasteiger partial charge in [-0.2, -0.15) is 0 Å². The molecule has 1 aliphatic carbocycles. The molecule has 1 saturated heterocycles. The first-order valence-corrected chi connectivity index (χ1v) is 16.7. The van der Waals surface area contributed by atoms with Crippen molar-refractivity contribution in [3.05, 3.63) is 0 Å². The first kappa shape index (κ1) is 17.1. The van der Waals surface area contributed by atoms with Gasteiger partial charge in [0.1, 0.15) is 15.7 Å². The van der Waals surface area contributed by atoms with Crippen molar-refractivity contribution in [1.29, 1.82) is 0 Å². The van der Waals surface area contributed by atoms with Crippen LogP contribution in [0.3, 0.4) is 0 Å². The average molecular weight is 349 g/mol. The fourth-order valence-corrected chi connectivity index (χ4v) is 20.6. The van der Waals surface area contributed by atoms with Gasteiger partial charge in [-0.1, -0.05) is 33.1 Å². The second-order valence-electron chi connectivity index (χ2n) is 6.70. The molecule has 3 nitrogen and oxygen atoms in total. The van der Waals surface area contributed by atoms with Crippen molar-refractivity contribution < 1.29 is 13.0 Å². The zero-order chi connectivity index (χ0) is 14.6. The molecule has 2 rings (SSSR count). The van der Waals surface area contributed by atoms with Gasteiger partial charge in [-0.15, -0.1) is 0 Å². The van der Waals surface area contributed by atoms with Gasteiger partial charge in [0, 0.05) is 0 Å². The molecule has 0 aromatic rings. The molecule has 0 amide bonds. The Kier molecular flexibility index (Phi) is 6.28. The van der Waals surface area contributed by atoms with Gasteiger partial charge in [0.05, 0.1) is 6.61 Å². The fourth-order valence-electron chi connectivity index (χ4n) is 3.77. The molecule has 0 aromatic heterocycles. The molecule has 0 bridgehead atoms. The normalized spacial score (nSPS) is 31.2. The van der Waals surface area contributed by atoms with E-state index in [4.69, 9.17) is 13.0 Å². The average Bonchev–Trinajstić information content (AvgIpc) is 3.31. The summed E-state index contributed by atoms with van der Waals surface area (Å²) >= 11 is 0. The maximum Gasteiger partial charge on any atom is 0.221 e. The standard InChI is InChI=1S/C13H32O3Si4/c1-4-19(5-2)16-18-20(3,15-17)13(11-14-13)12-9-7-6-8-10-12/h12,19H,4-11,18H2,1-3,17H3. The van der Waals surface area contributed by atoms with Crippen molar-refractivity contribution in [2.24, 2.45) is 5.92 Å². The highest BCUT2D eigenvalue weighted by Gasteiger charge is 2.65. The zero-order valence-corrected chi connectivity index (χ0v) is 19.3. The Morgan fingerprint density at radius 1 is 1.30 bits per heavy atom. The molecule has 118 valence electrons. The molecule has 1 heterocycles. The quantitative estimate of drug-likeness (QED) is 0.486. The fraction of sp³-hybridized carbons (Fsp3) is 1.00. The molecule has 2 aliphatic rings. The molecular formula is C13H32O3Si4. The highest BCUT2D eigenvalue weighted by atomic mass is 29.2. The van der Waals surface area contributed by atoms with Crippen molar-refractivity contribution >= 4 is 36.6 Å². The molecule has 1 aliphatic heterocycles. The molecule has 20 heavy (non-hydrogen) atoms. The van der Waals surface area contributed by atoms with E-state index < -0.39 is 26.2 Å². The van der Waals surface area contributed by atoms with E-state index in [0.717, 1.165) is 23.0 Å². The summed E-state index contributed by atoms with van der Waals surface area (Å²) in [7, 11) is -2.33. The van der Waals surface area contributed by atoms with E-state index >= 15 is 0 Å². The van der Waals surface area contributed by atoms with Crippen molar-refractivity contribution in [1.82, 2.24) is 0 Å². The third-order valence-corrected chi connectivity index (χ3v) is 24.1. The maximum atomic E-state index is 6.47. The molecule has 0 radical (unpaired) electrons. The van der Waals surface area contributed by atoms with Gasteiger partial charge < -0.3 is 13.0 Å². The minimum absolute atomic E-state index is 0.168. The summed E-state index contributed by atoms with van der Waals surface area (Å²) in [5.41, 5.74) is 0. The Hall–Kier alpha value is 0.748. The topological polar surface area (TPSA) is 31.0 Å². The number of epoxide rings is 1. The first-order valence-electron chi connectivity index (χ1n) is 8.42. The summed E-state index contributed by atoms with van der Waals surface area (Å²) in [5.74, 6) is 0.779. The van der Waals surface area contributed by atoms with Crippen molar-refractivity contribution in [3.63, 3.8) is 0 Å². The van der Waals surface area contributed by atoms with Crippen LogP contribution in [0.2, 0.25) is 18.6 Å². The van der Waals surface area contributed by atoms with Crippen LogP contribution in [0.15, 0.2) is 0 Å². The van der Waals surface area contributed by atoms with Gasteiger partial charge in [0.2, 0.25) is 7.83 Å². The smallest absolute Gasteiger partial charge is 0.221 e. The van der Waals surface area contributed by atoms with Crippen molar-refractivity contribution in [2.45, 2.75) is 69.8 Å². The number of hydrogen-bond donors (Lipinski definition) is 0. The monoisotopic (exact) mass is 348 g/mol. The SMILES string of the molecule is CC[SiH](CC)O[SiH2][Si](C)(O[SiH3])C1(C2CCCCC2)CO1. The van der Waals surface area contributed by atoms with Gasteiger partial charge in [-0.25, -0.2) is 0 Å². The van der Waals surface area contributed by atoms with Crippen LogP contribution in [-0.2, 0) is 13.0 Å². The van der Waals surface area contributed by atoms with Crippen LogP contribution in [0.25, 0.3) is 0 Å². The van der Waals surface area contributed by atoms with Gasteiger partial charge in [0.15, 0.2) is 18.3 Å². The summed E-state index contributed by atoms with van der Waals surface area (Å²) in [5, 5.41) is 0.168. The number of ether oxygens (including phenoxy) is 1. The molecule has 2 unspecified atom stereocenters. The largest absolute Gasteiger partial charge is 0.462 e. The number of rotatable bonds is 8. The van der Waals surface area contributed by atoms with E-state index in [1.807, 2.05) is 0 Å². The first-order chi connectivity index (χ1) is 9.62. The second-order valence-corrected chi connectivity index (χ2v) is 21.1. The molecule has 2 fully saturated rings. The summed E-state index contributed by atoms with van der Waals surface area (Å²) in [4.78, 5) is 0. The van der Waals surface area contributed by atoms with E-state index in [1.54, 1.807) is 0 Å². The molecule has 0 spiro atoms. The van der Waals surface area contributed by atoms with Crippen molar-refractivity contribution in [3.8, 4) is 0 Å². The van der Waals surface area contributed by atoms with Crippen LogP contribution in [-0.4, -0.2) is 48.5 Å².